The Morgan fingerprint density at radius 1 is 1.31 bits per heavy atom. The minimum Gasteiger partial charge on any atom is -0.334 e. The van der Waals surface area contributed by atoms with Crippen LogP contribution in [-0.4, -0.2) is 32.2 Å². The predicted octanol–water partition coefficient (Wildman–Crippen LogP) is 3.68. The van der Waals surface area contributed by atoms with Gasteiger partial charge in [0.15, 0.2) is 5.82 Å². The van der Waals surface area contributed by atoms with Gasteiger partial charge < -0.3 is 10.2 Å². The van der Waals surface area contributed by atoms with Gasteiger partial charge in [-0.2, -0.15) is 5.10 Å². The lowest BCUT2D eigenvalue weighted by Gasteiger charge is -2.20. The van der Waals surface area contributed by atoms with E-state index in [1.807, 2.05) is 61.2 Å². The fraction of sp³-hybridized carbons (Fsp3) is 0.316. The van der Waals surface area contributed by atoms with Crippen molar-refractivity contribution in [3.8, 4) is 5.82 Å². The van der Waals surface area contributed by atoms with Gasteiger partial charge in [-0.3, -0.25) is 0 Å². The molecular weight excluding hydrogens is 346 g/mol. The molecular formula is C19H23N5OS. The Hall–Kier alpha value is -2.67. The molecule has 136 valence electrons. The smallest absolute Gasteiger partial charge is 0.317 e. The van der Waals surface area contributed by atoms with Gasteiger partial charge in [0, 0.05) is 29.9 Å². The molecule has 0 aliphatic rings. The normalized spacial score (nSPS) is 10.7. The summed E-state index contributed by atoms with van der Waals surface area (Å²) in [6.07, 6.45) is 1.78. The first-order valence-corrected chi connectivity index (χ1v) is 9.48. The molecule has 0 unspecified atom stereocenters. The number of amides is 2. The first-order valence-electron chi connectivity index (χ1n) is 8.60. The molecule has 26 heavy (non-hydrogen) atoms. The average Bonchev–Trinajstić information content (AvgIpc) is 3.27. The van der Waals surface area contributed by atoms with Crippen molar-refractivity contribution in [2.45, 2.75) is 33.9 Å². The zero-order chi connectivity index (χ0) is 18.5. The number of pyridine rings is 1. The first kappa shape index (κ1) is 18.1. The number of aryl methyl sites for hydroxylation is 2. The van der Waals surface area contributed by atoms with Crippen molar-refractivity contribution in [1.29, 1.82) is 0 Å². The molecule has 3 rings (SSSR count). The number of carbonyl (C=O) groups excluding carboxylic acids is 1. The van der Waals surface area contributed by atoms with Gasteiger partial charge in [-0.15, -0.1) is 11.3 Å². The molecule has 3 aromatic rings. The highest BCUT2D eigenvalue weighted by Gasteiger charge is 2.12. The van der Waals surface area contributed by atoms with E-state index in [1.165, 1.54) is 4.88 Å². The van der Waals surface area contributed by atoms with E-state index in [-0.39, 0.29) is 6.03 Å². The van der Waals surface area contributed by atoms with Gasteiger partial charge in [-0.05, 0) is 49.9 Å². The second-order valence-corrected chi connectivity index (χ2v) is 7.15. The van der Waals surface area contributed by atoms with Crippen LogP contribution in [0.5, 0.6) is 0 Å². The third-order valence-corrected chi connectivity index (χ3v) is 4.94. The monoisotopic (exact) mass is 369 g/mol. The molecule has 0 aliphatic carbocycles. The van der Waals surface area contributed by atoms with Gasteiger partial charge in [-0.25, -0.2) is 14.5 Å². The van der Waals surface area contributed by atoms with Crippen molar-refractivity contribution in [2.75, 3.05) is 6.54 Å². The van der Waals surface area contributed by atoms with Gasteiger partial charge in [0.05, 0.1) is 12.2 Å². The summed E-state index contributed by atoms with van der Waals surface area (Å²) >= 11 is 1.66. The number of thiophene rings is 1. The molecule has 6 nitrogen and oxygen atoms in total. The summed E-state index contributed by atoms with van der Waals surface area (Å²) in [5.74, 6) is 0.776. The molecule has 0 aromatic carbocycles. The number of urea groups is 1. The number of nitrogens with zero attached hydrogens (tertiary/aromatic N) is 4. The highest BCUT2D eigenvalue weighted by atomic mass is 32.1. The Morgan fingerprint density at radius 3 is 2.73 bits per heavy atom. The Labute approximate surface area is 157 Å². The third-order valence-electron chi connectivity index (χ3n) is 4.08. The van der Waals surface area contributed by atoms with Gasteiger partial charge in [-0.1, -0.05) is 12.1 Å². The largest absolute Gasteiger partial charge is 0.334 e. The van der Waals surface area contributed by atoms with E-state index < -0.39 is 0 Å². The minimum atomic E-state index is -0.0662. The highest BCUT2D eigenvalue weighted by Crippen LogP contribution is 2.12. The number of nitrogens with one attached hydrogen (secondary N) is 1. The molecule has 0 radical (unpaired) electrons. The van der Waals surface area contributed by atoms with E-state index >= 15 is 0 Å². The quantitative estimate of drug-likeness (QED) is 0.721. The fourth-order valence-electron chi connectivity index (χ4n) is 2.71. The number of hydrogen-bond donors (Lipinski definition) is 1. The topological polar surface area (TPSA) is 63.1 Å². The molecule has 3 heterocycles. The van der Waals surface area contributed by atoms with Crippen LogP contribution in [0.15, 0.2) is 41.9 Å². The summed E-state index contributed by atoms with van der Waals surface area (Å²) in [5.41, 5.74) is 2.96. The number of hydrogen-bond acceptors (Lipinski definition) is 4. The maximum Gasteiger partial charge on any atom is 0.317 e. The van der Waals surface area contributed by atoms with Crippen LogP contribution in [0.2, 0.25) is 0 Å². The molecule has 0 fully saturated rings. The van der Waals surface area contributed by atoms with Crippen molar-refractivity contribution in [3.05, 3.63) is 63.7 Å². The lowest BCUT2D eigenvalue weighted by Crippen LogP contribution is -2.38. The van der Waals surface area contributed by atoms with Gasteiger partial charge in [0.2, 0.25) is 0 Å². The summed E-state index contributed by atoms with van der Waals surface area (Å²) in [5, 5.41) is 9.42. The maximum absolute atomic E-state index is 12.4. The molecule has 0 saturated heterocycles. The molecule has 0 aliphatic heterocycles. The van der Waals surface area contributed by atoms with Crippen LogP contribution in [0.3, 0.4) is 0 Å². The van der Waals surface area contributed by atoms with E-state index in [2.05, 4.69) is 15.4 Å². The first-order chi connectivity index (χ1) is 12.6. The minimum absolute atomic E-state index is 0.0662. The molecule has 0 saturated carbocycles. The van der Waals surface area contributed by atoms with Crippen molar-refractivity contribution in [3.63, 3.8) is 0 Å². The van der Waals surface area contributed by atoms with Crippen LogP contribution in [0, 0.1) is 13.8 Å². The van der Waals surface area contributed by atoms with E-state index in [0.717, 1.165) is 22.8 Å². The highest BCUT2D eigenvalue weighted by molar-refractivity contribution is 7.09. The average molecular weight is 369 g/mol. The number of aromatic nitrogens is 3. The van der Waals surface area contributed by atoms with Crippen LogP contribution in [0.1, 0.15) is 28.8 Å². The molecule has 7 heteroatoms. The maximum atomic E-state index is 12.4. The fourth-order valence-corrected chi connectivity index (χ4v) is 3.43. The molecule has 2 amide bonds. The van der Waals surface area contributed by atoms with Crippen molar-refractivity contribution in [1.82, 2.24) is 25.0 Å². The van der Waals surface area contributed by atoms with Gasteiger partial charge in [0.25, 0.3) is 0 Å². The lowest BCUT2D eigenvalue weighted by atomic mass is 10.3. The van der Waals surface area contributed by atoms with E-state index in [4.69, 9.17) is 0 Å². The Morgan fingerprint density at radius 2 is 2.15 bits per heavy atom. The second-order valence-electron chi connectivity index (χ2n) is 6.12. The summed E-state index contributed by atoms with van der Waals surface area (Å²) in [6, 6.07) is 9.88. The van der Waals surface area contributed by atoms with Crippen LogP contribution in [0.25, 0.3) is 5.82 Å². The van der Waals surface area contributed by atoms with Crippen LogP contribution in [-0.2, 0) is 13.1 Å². The molecule has 1 N–H and O–H groups in total. The van der Waals surface area contributed by atoms with Crippen molar-refractivity contribution in [2.24, 2.45) is 0 Å². The summed E-state index contributed by atoms with van der Waals surface area (Å²) in [4.78, 5) is 19.8. The van der Waals surface area contributed by atoms with E-state index in [9.17, 15) is 4.79 Å². The lowest BCUT2D eigenvalue weighted by molar-refractivity contribution is 0.198. The molecule has 0 atom stereocenters. The Kier molecular flexibility index (Phi) is 5.68. The summed E-state index contributed by atoms with van der Waals surface area (Å²) < 4.78 is 1.82. The van der Waals surface area contributed by atoms with Gasteiger partial charge in [0.1, 0.15) is 0 Å². The summed E-state index contributed by atoms with van der Waals surface area (Å²) in [7, 11) is 0. The molecule has 3 aromatic heterocycles. The Balaban J connectivity index is 1.58. The van der Waals surface area contributed by atoms with E-state index in [1.54, 1.807) is 22.4 Å². The van der Waals surface area contributed by atoms with Crippen LogP contribution < -0.4 is 5.32 Å². The van der Waals surface area contributed by atoms with Gasteiger partial charge >= 0.3 is 6.03 Å². The second kappa shape index (κ2) is 8.14. The summed E-state index contributed by atoms with van der Waals surface area (Å²) in [6.45, 7) is 7.70. The predicted molar refractivity (Wildman–Crippen MR) is 103 cm³/mol. The zero-order valence-electron chi connectivity index (χ0n) is 15.3. The van der Waals surface area contributed by atoms with Crippen LogP contribution in [0.4, 0.5) is 4.79 Å². The number of carbonyl (C=O) groups is 1. The van der Waals surface area contributed by atoms with Crippen LogP contribution >= 0.6 is 11.3 Å². The van der Waals surface area contributed by atoms with Crippen molar-refractivity contribution >= 4 is 17.4 Å². The SMILES string of the molecule is CCN(Cc1cccs1)C(=O)NCc1ccc(-n2nc(C)cc2C)nc1. The van der Waals surface area contributed by atoms with E-state index in [0.29, 0.717) is 19.6 Å². The molecule has 0 bridgehead atoms. The third kappa shape index (κ3) is 4.29. The zero-order valence-corrected chi connectivity index (χ0v) is 16.1. The Bertz CT molecular complexity index is 855. The standard InChI is InChI=1S/C19H23N5OS/c1-4-23(13-17-6-5-9-26-17)19(25)21-12-16-7-8-18(20-11-16)24-15(3)10-14(2)22-24/h5-11H,4,12-13H2,1-3H3,(H,21,25). The molecule has 0 spiro atoms. The number of rotatable bonds is 6. The van der Waals surface area contributed by atoms with Crippen molar-refractivity contribution < 1.29 is 4.79 Å².